The van der Waals surface area contributed by atoms with Crippen LogP contribution in [0.4, 0.5) is 0 Å². The normalized spacial score (nSPS) is 19.4. The van der Waals surface area contributed by atoms with Crippen LogP contribution in [0.1, 0.15) is 47.0 Å². The van der Waals surface area contributed by atoms with E-state index in [1.165, 1.54) is 10.4 Å². The fourth-order valence-electron chi connectivity index (χ4n) is 3.42. The minimum Gasteiger partial charge on any atom is -0.344 e. The molecule has 0 spiro atoms. The molecule has 2 fully saturated rings. The van der Waals surface area contributed by atoms with Gasteiger partial charge in [-0.2, -0.15) is 4.31 Å². The molecule has 1 saturated heterocycles. The Balaban J connectivity index is 1.55. The van der Waals surface area contributed by atoms with Gasteiger partial charge in [-0.15, -0.1) is 11.3 Å². The topological polar surface area (TPSA) is 66.5 Å². The second kappa shape index (κ2) is 7.13. The van der Waals surface area contributed by atoms with Gasteiger partial charge in [0.15, 0.2) is 0 Å². The number of amides is 1. The first-order chi connectivity index (χ1) is 12.6. The maximum absolute atomic E-state index is 12.8. The molecule has 4 rings (SSSR count). The van der Waals surface area contributed by atoms with Crippen molar-refractivity contribution in [2.24, 2.45) is 5.92 Å². The highest BCUT2D eigenvalue weighted by molar-refractivity contribution is 7.89. The van der Waals surface area contributed by atoms with Gasteiger partial charge in [-0.05, 0) is 61.2 Å². The van der Waals surface area contributed by atoms with Crippen LogP contribution in [0, 0.1) is 5.92 Å². The average Bonchev–Trinajstić information content (AvgIpc) is 3.12. The Hall–Kier alpha value is -1.70. The summed E-state index contributed by atoms with van der Waals surface area (Å²) in [5.41, 5.74) is 0.396. The molecule has 1 aliphatic heterocycles. The van der Waals surface area contributed by atoms with Gasteiger partial charge in [-0.3, -0.25) is 4.79 Å². The first kappa shape index (κ1) is 17.7. The van der Waals surface area contributed by atoms with Crippen LogP contribution < -0.4 is 5.32 Å². The van der Waals surface area contributed by atoms with E-state index in [2.05, 4.69) is 5.32 Å². The molecule has 1 aromatic carbocycles. The van der Waals surface area contributed by atoms with Crippen molar-refractivity contribution in [2.75, 3.05) is 13.1 Å². The van der Waals surface area contributed by atoms with Gasteiger partial charge < -0.3 is 5.32 Å². The van der Waals surface area contributed by atoms with Gasteiger partial charge in [0.05, 0.1) is 10.9 Å². The van der Waals surface area contributed by atoms with E-state index in [4.69, 9.17) is 0 Å². The number of nitrogens with zero attached hydrogens (tertiary/aromatic N) is 1. The number of nitrogens with one attached hydrogen (secondary N) is 1. The summed E-state index contributed by atoms with van der Waals surface area (Å²) >= 11 is 1.64. The highest BCUT2D eigenvalue weighted by Gasteiger charge is 2.34. The van der Waals surface area contributed by atoms with Gasteiger partial charge >= 0.3 is 0 Å². The van der Waals surface area contributed by atoms with E-state index in [1.54, 1.807) is 29.5 Å². The van der Waals surface area contributed by atoms with Crippen molar-refractivity contribution in [1.82, 2.24) is 9.62 Å². The van der Waals surface area contributed by atoms with Crippen LogP contribution in [0.15, 0.2) is 46.7 Å². The molecule has 1 N–H and O–H groups in total. The fourth-order valence-corrected chi connectivity index (χ4v) is 5.85. The number of benzene rings is 1. The summed E-state index contributed by atoms with van der Waals surface area (Å²) in [5, 5.41) is 5.12. The molecule has 26 heavy (non-hydrogen) atoms. The zero-order valence-electron chi connectivity index (χ0n) is 14.4. The van der Waals surface area contributed by atoms with Gasteiger partial charge in [0.25, 0.3) is 5.91 Å². The van der Waals surface area contributed by atoms with E-state index in [-0.39, 0.29) is 16.8 Å². The predicted octanol–water partition coefficient (Wildman–Crippen LogP) is 3.41. The SMILES string of the molecule is O=C(NC(c1cccs1)C1CC1)c1cccc(S(=O)(=O)N2CCCC2)c1. The molecule has 1 unspecified atom stereocenters. The third-order valence-electron chi connectivity index (χ3n) is 5.03. The van der Waals surface area contributed by atoms with Crippen molar-refractivity contribution in [3.05, 3.63) is 52.2 Å². The number of carbonyl (C=O) groups is 1. The summed E-state index contributed by atoms with van der Waals surface area (Å²) in [6.07, 6.45) is 4.02. The summed E-state index contributed by atoms with van der Waals surface area (Å²) in [5.74, 6) is 0.267. The molecule has 2 aliphatic rings. The van der Waals surface area contributed by atoms with Crippen LogP contribution in [0.5, 0.6) is 0 Å². The molecule has 0 radical (unpaired) electrons. The third kappa shape index (κ3) is 3.56. The van der Waals surface area contributed by atoms with Crippen LogP contribution in [0.2, 0.25) is 0 Å². The Morgan fingerprint density at radius 1 is 1.15 bits per heavy atom. The third-order valence-corrected chi connectivity index (χ3v) is 7.88. The minimum atomic E-state index is -3.51. The standard InChI is InChI=1S/C19H22N2O3S2/c22-19(20-18(14-8-9-14)17-7-4-12-25-17)15-5-3-6-16(13-15)26(23,24)21-10-1-2-11-21/h3-7,12-14,18H,1-2,8-11H2,(H,20,22). The smallest absolute Gasteiger partial charge is 0.251 e. The van der Waals surface area contributed by atoms with E-state index < -0.39 is 10.0 Å². The van der Waals surface area contributed by atoms with Crippen molar-refractivity contribution in [2.45, 2.75) is 36.6 Å². The Morgan fingerprint density at radius 3 is 2.58 bits per heavy atom. The van der Waals surface area contributed by atoms with E-state index in [9.17, 15) is 13.2 Å². The van der Waals surface area contributed by atoms with Gasteiger partial charge in [-0.25, -0.2) is 8.42 Å². The second-order valence-electron chi connectivity index (χ2n) is 6.94. The largest absolute Gasteiger partial charge is 0.344 e. The van der Waals surface area contributed by atoms with E-state index in [1.807, 2.05) is 17.5 Å². The highest BCUT2D eigenvalue weighted by Crippen LogP contribution is 2.42. The molecular formula is C19H22N2O3S2. The first-order valence-corrected chi connectivity index (χ1v) is 11.3. The molecule has 1 amide bonds. The summed E-state index contributed by atoms with van der Waals surface area (Å²) < 4.78 is 27.0. The lowest BCUT2D eigenvalue weighted by Gasteiger charge is -2.18. The van der Waals surface area contributed by atoms with E-state index in [0.29, 0.717) is 24.6 Å². The number of carbonyl (C=O) groups excluding carboxylic acids is 1. The summed E-state index contributed by atoms with van der Waals surface area (Å²) in [6.45, 7) is 1.11. The fraction of sp³-hybridized carbons (Fsp3) is 0.421. The Morgan fingerprint density at radius 2 is 1.92 bits per heavy atom. The average molecular weight is 391 g/mol. The Kier molecular flexibility index (Phi) is 4.86. The molecular weight excluding hydrogens is 368 g/mol. The zero-order chi connectivity index (χ0) is 18.1. The lowest BCUT2D eigenvalue weighted by molar-refractivity contribution is 0.0932. The molecule has 2 heterocycles. The number of thiophene rings is 1. The predicted molar refractivity (Wildman–Crippen MR) is 102 cm³/mol. The molecule has 7 heteroatoms. The molecule has 0 bridgehead atoms. The van der Waals surface area contributed by atoms with Crippen molar-refractivity contribution >= 4 is 27.3 Å². The lowest BCUT2D eigenvalue weighted by atomic mass is 10.1. The van der Waals surface area contributed by atoms with Crippen LogP contribution >= 0.6 is 11.3 Å². The Labute approximate surface area is 158 Å². The second-order valence-corrected chi connectivity index (χ2v) is 9.86. The zero-order valence-corrected chi connectivity index (χ0v) is 16.1. The molecule has 1 aliphatic carbocycles. The van der Waals surface area contributed by atoms with Gasteiger partial charge in [-0.1, -0.05) is 12.1 Å². The Bertz CT molecular complexity index is 883. The van der Waals surface area contributed by atoms with E-state index in [0.717, 1.165) is 30.6 Å². The van der Waals surface area contributed by atoms with Crippen LogP contribution in [0.25, 0.3) is 0 Å². The van der Waals surface area contributed by atoms with Crippen molar-refractivity contribution in [3.63, 3.8) is 0 Å². The molecule has 5 nitrogen and oxygen atoms in total. The van der Waals surface area contributed by atoms with E-state index >= 15 is 0 Å². The van der Waals surface area contributed by atoms with Crippen LogP contribution in [0.3, 0.4) is 0 Å². The van der Waals surface area contributed by atoms with Crippen LogP contribution in [-0.4, -0.2) is 31.7 Å². The number of hydrogen-bond donors (Lipinski definition) is 1. The van der Waals surface area contributed by atoms with Crippen molar-refractivity contribution in [3.8, 4) is 0 Å². The lowest BCUT2D eigenvalue weighted by Crippen LogP contribution is -2.30. The number of rotatable bonds is 6. The molecule has 2 aromatic rings. The van der Waals surface area contributed by atoms with Crippen molar-refractivity contribution in [1.29, 1.82) is 0 Å². The molecule has 1 saturated carbocycles. The van der Waals surface area contributed by atoms with Gasteiger partial charge in [0.1, 0.15) is 0 Å². The highest BCUT2D eigenvalue weighted by atomic mass is 32.2. The number of sulfonamides is 1. The summed E-state index contributed by atoms with van der Waals surface area (Å²) in [4.78, 5) is 14.1. The maximum atomic E-state index is 12.8. The molecule has 1 atom stereocenters. The number of hydrogen-bond acceptors (Lipinski definition) is 4. The molecule has 138 valence electrons. The quantitative estimate of drug-likeness (QED) is 0.822. The summed E-state index contributed by atoms with van der Waals surface area (Å²) in [7, 11) is -3.51. The monoisotopic (exact) mass is 390 g/mol. The van der Waals surface area contributed by atoms with Gasteiger partial charge in [0, 0.05) is 23.5 Å². The summed E-state index contributed by atoms with van der Waals surface area (Å²) in [6, 6.07) is 10.4. The van der Waals surface area contributed by atoms with Crippen LogP contribution in [-0.2, 0) is 10.0 Å². The minimum absolute atomic E-state index is 0.0151. The van der Waals surface area contributed by atoms with Gasteiger partial charge in [0.2, 0.25) is 10.0 Å². The maximum Gasteiger partial charge on any atom is 0.251 e. The van der Waals surface area contributed by atoms with Crippen molar-refractivity contribution < 1.29 is 13.2 Å². The first-order valence-electron chi connectivity index (χ1n) is 9.00. The molecule has 1 aromatic heterocycles.